The number of urea groups is 1. The van der Waals surface area contributed by atoms with Crippen molar-refractivity contribution >= 4 is 29.3 Å². The molecule has 0 spiro atoms. The molecule has 0 unspecified atom stereocenters. The van der Waals surface area contributed by atoms with E-state index < -0.39 is 18.5 Å². The number of hydrogen-bond acceptors (Lipinski definition) is 3. The molecule has 1 rings (SSSR count). The largest absolute Gasteiger partial charge is 0.480 e. The molecule has 0 heterocycles. The van der Waals surface area contributed by atoms with E-state index in [1.165, 1.54) is 18.2 Å². The summed E-state index contributed by atoms with van der Waals surface area (Å²) in [5.74, 6) is -1.10. The Bertz CT molecular complexity index is 554. The van der Waals surface area contributed by atoms with E-state index >= 15 is 0 Å². The topological polar surface area (TPSA) is 93.4 Å². The summed E-state index contributed by atoms with van der Waals surface area (Å²) in [5, 5.41) is 20.6. The van der Waals surface area contributed by atoms with Gasteiger partial charge in [-0.1, -0.05) is 18.5 Å². The Kier molecular flexibility index (Phi) is 5.81. The normalized spacial score (nSPS) is 9.65. The minimum absolute atomic E-state index is 0.259. The van der Waals surface area contributed by atoms with Crippen LogP contribution in [0, 0.1) is 11.3 Å². The van der Waals surface area contributed by atoms with Crippen molar-refractivity contribution < 1.29 is 14.7 Å². The maximum Gasteiger partial charge on any atom is 0.323 e. The second-order valence-corrected chi connectivity index (χ2v) is 4.48. The number of rotatable bonds is 5. The van der Waals surface area contributed by atoms with E-state index in [0.717, 1.165) is 4.90 Å². The lowest BCUT2D eigenvalue weighted by Gasteiger charge is -2.20. The van der Waals surface area contributed by atoms with Gasteiger partial charge in [-0.2, -0.15) is 5.26 Å². The van der Waals surface area contributed by atoms with E-state index in [4.69, 9.17) is 22.0 Å². The van der Waals surface area contributed by atoms with Gasteiger partial charge in [0.15, 0.2) is 0 Å². The Morgan fingerprint density at radius 2 is 2.20 bits per heavy atom. The van der Waals surface area contributed by atoms with Crippen LogP contribution in [-0.2, 0) is 4.79 Å². The van der Waals surface area contributed by atoms with Gasteiger partial charge in [-0.05, 0) is 24.6 Å². The Morgan fingerprint density at radius 3 is 2.75 bits per heavy atom. The summed E-state index contributed by atoms with van der Waals surface area (Å²) in [6.45, 7) is 1.74. The molecule has 6 nitrogen and oxygen atoms in total. The fraction of sp³-hybridized carbons (Fsp3) is 0.308. The van der Waals surface area contributed by atoms with Gasteiger partial charge in [0.1, 0.15) is 12.6 Å². The number of nitrogens with one attached hydrogen (secondary N) is 1. The van der Waals surface area contributed by atoms with Crippen LogP contribution < -0.4 is 5.32 Å². The lowest BCUT2D eigenvalue weighted by Crippen LogP contribution is -2.39. The molecule has 2 amide bonds. The molecule has 0 saturated heterocycles. The monoisotopic (exact) mass is 295 g/mol. The van der Waals surface area contributed by atoms with Crippen LogP contribution in [0.2, 0.25) is 5.02 Å². The molecular weight excluding hydrogens is 282 g/mol. The highest BCUT2D eigenvalue weighted by atomic mass is 35.5. The molecule has 106 valence electrons. The Balaban J connectivity index is 2.90. The third-order valence-corrected chi connectivity index (χ3v) is 2.69. The van der Waals surface area contributed by atoms with Crippen LogP contribution in [0.3, 0.4) is 0 Å². The minimum Gasteiger partial charge on any atom is -0.480 e. The van der Waals surface area contributed by atoms with Crippen molar-refractivity contribution in [1.29, 1.82) is 5.26 Å². The average molecular weight is 296 g/mol. The maximum atomic E-state index is 12.0. The van der Waals surface area contributed by atoms with Crippen LogP contribution in [0.5, 0.6) is 0 Å². The SMILES string of the molecule is CCCN(CC(=O)O)C(=O)Nc1cc(Cl)ccc1C#N. The van der Waals surface area contributed by atoms with Crippen LogP contribution in [0.15, 0.2) is 18.2 Å². The standard InChI is InChI=1S/C13H14ClN3O3/c1-2-5-17(8-12(18)19)13(20)16-11-6-10(14)4-3-9(11)7-15/h3-4,6H,2,5,8H2,1H3,(H,16,20)(H,18,19). The highest BCUT2D eigenvalue weighted by Crippen LogP contribution is 2.20. The number of nitriles is 1. The summed E-state index contributed by atoms with van der Waals surface area (Å²) in [7, 11) is 0. The number of halogens is 1. The minimum atomic E-state index is -1.10. The first kappa shape index (κ1) is 15.8. The fourth-order valence-electron chi connectivity index (χ4n) is 1.60. The number of carboxylic acid groups (broad SMARTS) is 1. The van der Waals surface area contributed by atoms with Crippen molar-refractivity contribution in [3.63, 3.8) is 0 Å². The van der Waals surface area contributed by atoms with Gasteiger partial charge in [0.2, 0.25) is 0 Å². The maximum absolute atomic E-state index is 12.0. The molecule has 0 aliphatic heterocycles. The van der Waals surface area contributed by atoms with Crippen molar-refractivity contribution in [2.45, 2.75) is 13.3 Å². The zero-order valence-corrected chi connectivity index (χ0v) is 11.6. The van der Waals surface area contributed by atoms with E-state index in [9.17, 15) is 9.59 Å². The van der Waals surface area contributed by atoms with E-state index in [0.29, 0.717) is 18.0 Å². The van der Waals surface area contributed by atoms with E-state index in [2.05, 4.69) is 5.32 Å². The van der Waals surface area contributed by atoms with Gasteiger partial charge in [0.25, 0.3) is 0 Å². The predicted molar refractivity (Wildman–Crippen MR) is 74.7 cm³/mol. The number of hydrogen-bond donors (Lipinski definition) is 2. The molecule has 1 aromatic rings. The zero-order chi connectivity index (χ0) is 15.1. The van der Waals surface area contributed by atoms with Crippen LogP contribution in [0.25, 0.3) is 0 Å². The van der Waals surface area contributed by atoms with Gasteiger partial charge in [0.05, 0.1) is 11.3 Å². The third-order valence-electron chi connectivity index (χ3n) is 2.45. The number of benzene rings is 1. The van der Waals surface area contributed by atoms with Gasteiger partial charge in [-0.15, -0.1) is 0 Å². The summed E-state index contributed by atoms with van der Waals surface area (Å²) >= 11 is 5.81. The average Bonchev–Trinajstić information content (AvgIpc) is 2.38. The molecule has 0 aliphatic rings. The van der Waals surface area contributed by atoms with Gasteiger partial charge in [0, 0.05) is 11.6 Å². The van der Waals surface area contributed by atoms with Crippen molar-refractivity contribution in [2.24, 2.45) is 0 Å². The second kappa shape index (κ2) is 7.36. The highest BCUT2D eigenvalue weighted by Gasteiger charge is 2.17. The summed E-state index contributed by atoms with van der Waals surface area (Å²) in [5.41, 5.74) is 0.519. The fourth-order valence-corrected chi connectivity index (χ4v) is 1.77. The van der Waals surface area contributed by atoms with E-state index in [1.807, 2.05) is 13.0 Å². The van der Waals surface area contributed by atoms with Gasteiger partial charge >= 0.3 is 12.0 Å². The van der Waals surface area contributed by atoms with E-state index in [1.54, 1.807) is 0 Å². The molecule has 0 radical (unpaired) electrons. The third kappa shape index (κ3) is 4.44. The lowest BCUT2D eigenvalue weighted by atomic mass is 10.2. The quantitative estimate of drug-likeness (QED) is 0.873. The van der Waals surface area contributed by atoms with Crippen molar-refractivity contribution in [3.05, 3.63) is 28.8 Å². The van der Waals surface area contributed by atoms with Gasteiger partial charge in [-0.3, -0.25) is 4.79 Å². The zero-order valence-electron chi connectivity index (χ0n) is 10.9. The van der Waals surface area contributed by atoms with Crippen LogP contribution in [0.4, 0.5) is 10.5 Å². The molecule has 7 heteroatoms. The molecule has 1 aromatic carbocycles. The Labute approximate surface area is 121 Å². The molecule has 20 heavy (non-hydrogen) atoms. The number of carbonyl (C=O) groups excluding carboxylic acids is 1. The molecule has 0 aromatic heterocycles. The predicted octanol–water partition coefficient (Wildman–Crippen LogP) is 2.54. The molecule has 0 aliphatic carbocycles. The second-order valence-electron chi connectivity index (χ2n) is 4.05. The summed E-state index contributed by atoms with van der Waals surface area (Å²) < 4.78 is 0. The summed E-state index contributed by atoms with van der Waals surface area (Å²) in [6.07, 6.45) is 0.626. The number of carboxylic acids is 1. The lowest BCUT2D eigenvalue weighted by molar-refractivity contribution is -0.137. The smallest absolute Gasteiger partial charge is 0.323 e. The van der Waals surface area contributed by atoms with Crippen LogP contribution in [0.1, 0.15) is 18.9 Å². The summed E-state index contributed by atoms with van der Waals surface area (Å²) in [6, 6.07) is 5.83. The van der Waals surface area contributed by atoms with Crippen molar-refractivity contribution in [3.8, 4) is 6.07 Å². The molecule has 2 N–H and O–H groups in total. The number of aliphatic carboxylic acids is 1. The number of nitrogens with zero attached hydrogens (tertiary/aromatic N) is 2. The van der Waals surface area contributed by atoms with E-state index in [-0.39, 0.29) is 11.3 Å². The van der Waals surface area contributed by atoms with Gasteiger partial charge in [-0.25, -0.2) is 4.79 Å². The highest BCUT2D eigenvalue weighted by molar-refractivity contribution is 6.31. The van der Waals surface area contributed by atoms with Crippen molar-refractivity contribution in [1.82, 2.24) is 4.90 Å². The first-order chi connectivity index (χ1) is 9.47. The molecule has 0 saturated carbocycles. The van der Waals surface area contributed by atoms with Crippen LogP contribution in [-0.4, -0.2) is 35.1 Å². The Morgan fingerprint density at radius 1 is 1.50 bits per heavy atom. The Hall–Kier alpha value is -2.26. The van der Waals surface area contributed by atoms with Gasteiger partial charge < -0.3 is 15.3 Å². The van der Waals surface area contributed by atoms with Crippen LogP contribution >= 0.6 is 11.6 Å². The summed E-state index contributed by atoms with van der Waals surface area (Å²) in [4.78, 5) is 23.9. The van der Waals surface area contributed by atoms with Crippen molar-refractivity contribution in [2.75, 3.05) is 18.4 Å². The first-order valence-corrected chi connectivity index (χ1v) is 6.33. The number of anilines is 1. The first-order valence-electron chi connectivity index (χ1n) is 5.95. The number of carbonyl (C=O) groups is 2. The molecule has 0 fully saturated rings. The molecular formula is C13H14ClN3O3. The molecule has 0 atom stereocenters. The molecule has 0 bridgehead atoms. The number of amides is 2.